The van der Waals surface area contributed by atoms with Crippen LogP contribution in [0.3, 0.4) is 0 Å². The molecule has 8 heteroatoms. The molecule has 0 unspecified atom stereocenters. The second-order valence-electron chi connectivity index (χ2n) is 11.6. The van der Waals surface area contributed by atoms with E-state index >= 15 is 0 Å². The third-order valence-corrected chi connectivity index (χ3v) is 10.2. The van der Waals surface area contributed by atoms with Crippen LogP contribution >= 0.6 is 11.6 Å². The number of hydrogen-bond donors (Lipinski definition) is 2. The Hall–Kier alpha value is -2.61. The molecule has 6 aliphatic rings. The fourth-order valence-corrected chi connectivity index (χ4v) is 8.42. The van der Waals surface area contributed by atoms with Crippen molar-refractivity contribution < 1.29 is 24.5 Å². The molecule has 5 atom stereocenters. The summed E-state index contributed by atoms with van der Waals surface area (Å²) in [5.41, 5.74) is 0.801. The number of ether oxygens (including phenoxy) is 1. The normalized spacial score (nSPS) is 36.1. The summed E-state index contributed by atoms with van der Waals surface area (Å²) in [5.74, 6) is 0.452. The van der Waals surface area contributed by atoms with Crippen LogP contribution < -0.4 is 4.74 Å². The van der Waals surface area contributed by atoms with Gasteiger partial charge in [0.2, 0.25) is 0 Å². The summed E-state index contributed by atoms with van der Waals surface area (Å²) < 4.78 is 6.55. The van der Waals surface area contributed by atoms with E-state index in [-0.39, 0.29) is 23.6 Å². The third kappa shape index (κ3) is 2.42. The van der Waals surface area contributed by atoms with E-state index in [1.54, 1.807) is 24.3 Å². The van der Waals surface area contributed by atoms with Gasteiger partial charge in [-0.25, -0.2) is 0 Å². The van der Waals surface area contributed by atoms with Crippen molar-refractivity contribution in [3.05, 3.63) is 57.6 Å². The second-order valence-corrected chi connectivity index (χ2v) is 12.0. The summed E-state index contributed by atoms with van der Waals surface area (Å²) in [5, 5.41) is 23.8. The molecule has 0 aromatic heterocycles. The van der Waals surface area contributed by atoms with Crippen molar-refractivity contribution in [2.75, 3.05) is 13.1 Å². The van der Waals surface area contributed by atoms with Crippen LogP contribution in [0.15, 0.2) is 30.3 Å². The molecular weight excluding hydrogens is 480 g/mol. The minimum absolute atomic E-state index is 0.0478. The van der Waals surface area contributed by atoms with E-state index in [1.165, 1.54) is 17.7 Å². The highest BCUT2D eigenvalue weighted by molar-refractivity contribution is 6.32. The number of hydrogen-bond acceptors (Lipinski definition) is 6. The molecule has 1 saturated heterocycles. The Morgan fingerprint density at radius 1 is 1.06 bits per heavy atom. The quantitative estimate of drug-likeness (QED) is 0.621. The number of halogens is 1. The Morgan fingerprint density at radius 2 is 1.86 bits per heavy atom. The van der Waals surface area contributed by atoms with Crippen molar-refractivity contribution in [3.8, 4) is 11.5 Å². The highest BCUT2D eigenvalue weighted by Crippen LogP contribution is 2.66. The Bertz CT molecular complexity index is 1370. The number of amides is 2. The average molecular weight is 507 g/mol. The highest BCUT2D eigenvalue weighted by Gasteiger charge is 2.74. The Balaban J connectivity index is 1.27. The first-order valence-electron chi connectivity index (χ1n) is 13.0. The number of nitrogens with zero attached hydrogens (tertiary/aromatic N) is 2. The Morgan fingerprint density at radius 3 is 2.67 bits per heavy atom. The fraction of sp³-hybridized carbons (Fsp3) is 0.500. The number of carbonyl (C=O) groups is 2. The topological polar surface area (TPSA) is 90.3 Å². The number of aliphatic hydroxyl groups is 1. The van der Waals surface area contributed by atoms with Gasteiger partial charge in [-0.2, -0.15) is 0 Å². The average Bonchev–Trinajstić information content (AvgIpc) is 3.55. The first-order chi connectivity index (χ1) is 17.3. The number of likely N-dealkylation sites (tertiary alicyclic amines) is 1. The van der Waals surface area contributed by atoms with E-state index < -0.39 is 23.2 Å². The predicted octanol–water partition coefficient (Wildman–Crippen LogP) is 3.27. The Labute approximate surface area is 213 Å². The van der Waals surface area contributed by atoms with Crippen molar-refractivity contribution in [3.63, 3.8) is 0 Å². The highest BCUT2D eigenvalue weighted by atomic mass is 35.5. The third-order valence-electron chi connectivity index (χ3n) is 9.94. The number of aromatic hydroxyl groups is 1. The number of piperidine rings is 1. The van der Waals surface area contributed by atoms with Gasteiger partial charge < -0.3 is 14.9 Å². The predicted molar refractivity (Wildman–Crippen MR) is 131 cm³/mol. The van der Waals surface area contributed by atoms with Gasteiger partial charge in [-0.15, -0.1) is 0 Å². The number of fused-ring (bicyclic) bond motifs is 1. The first-order valence-corrected chi connectivity index (χ1v) is 13.4. The van der Waals surface area contributed by atoms with Gasteiger partial charge in [0.1, 0.15) is 6.10 Å². The number of imide groups is 1. The number of phenols is 1. The summed E-state index contributed by atoms with van der Waals surface area (Å²) in [6, 6.07) is 7.81. The summed E-state index contributed by atoms with van der Waals surface area (Å²) >= 11 is 6.15. The summed E-state index contributed by atoms with van der Waals surface area (Å²) in [7, 11) is 0. The van der Waals surface area contributed by atoms with Crippen LogP contribution in [0.1, 0.15) is 63.9 Å². The lowest BCUT2D eigenvalue weighted by molar-refractivity contribution is -0.196. The molecule has 2 aromatic carbocycles. The maximum atomic E-state index is 13.6. The van der Waals surface area contributed by atoms with Gasteiger partial charge in [-0.05, 0) is 80.8 Å². The van der Waals surface area contributed by atoms with Crippen LogP contribution in [0.25, 0.3) is 0 Å². The molecule has 2 saturated carbocycles. The zero-order valence-corrected chi connectivity index (χ0v) is 20.5. The van der Waals surface area contributed by atoms with Crippen molar-refractivity contribution in [2.45, 2.75) is 67.7 Å². The van der Waals surface area contributed by atoms with Gasteiger partial charge in [0.15, 0.2) is 11.5 Å². The largest absolute Gasteiger partial charge is 0.504 e. The van der Waals surface area contributed by atoms with Crippen molar-refractivity contribution in [2.24, 2.45) is 5.92 Å². The summed E-state index contributed by atoms with van der Waals surface area (Å²) in [6.07, 6.45) is 4.15. The molecule has 3 aliphatic heterocycles. The molecular formula is C28H27ClN2O5. The maximum Gasteiger partial charge on any atom is 0.261 e. The van der Waals surface area contributed by atoms with Crippen LogP contribution in [0.2, 0.25) is 5.02 Å². The molecule has 3 aliphatic carbocycles. The standard InChI is InChI=1S/C28H27ClN2O5/c29-16-4-5-17-18(12-16)26(34)31(25(17)33)19-7-8-28(35)21-11-15-3-6-20(32)23-22(15)27(28,24(19)36-23)9-10-30(21)13-14-1-2-14/h3-6,12,14,19,21,24,32,35H,1-2,7-11,13H2/t19-,21-,24+,27+,28-/m1/s1. The van der Waals surface area contributed by atoms with E-state index in [0.717, 1.165) is 24.2 Å². The monoisotopic (exact) mass is 506 g/mol. The molecule has 3 fully saturated rings. The molecule has 1 spiro atoms. The van der Waals surface area contributed by atoms with Gasteiger partial charge in [0.05, 0.1) is 28.2 Å². The molecule has 36 heavy (non-hydrogen) atoms. The maximum absolute atomic E-state index is 13.6. The zero-order valence-electron chi connectivity index (χ0n) is 19.7. The van der Waals surface area contributed by atoms with Gasteiger partial charge in [-0.1, -0.05) is 17.7 Å². The molecule has 2 aromatic rings. The number of phenolic OH excluding ortho intramolecular Hbond substituents is 1. The smallest absolute Gasteiger partial charge is 0.261 e. The molecule has 2 amide bonds. The van der Waals surface area contributed by atoms with Gasteiger partial charge in [0, 0.05) is 23.2 Å². The molecule has 2 N–H and O–H groups in total. The lowest BCUT2D eigenvalue weighted by Gasteiger charge is -2.64. The van der Waals surface area contributed by atoms with Crippen LogP contribution in [-0.4, -0.2) is 68.7 Å². The minimum atomic E-state index is -1.06. The molecule has 8 rings (SSSR count). The number of benzene rings is 2. The number of rotatable bonds is 3. The fourth-order valence-electron chi connectivity index (χ4n) is 8.25. The van der Waals surface area contributed by atoms with Crippen LogP contribution in [0.4, 0.5) is 0 Å². The lowest BCUT2D eigenvalue weighted by atomic mass is 9.48. The van der Waals surface area contributed by atoms with E-state index in [4.69, 9.17) is 16.3 Å². The second kappa shape index (κ2) is 6.82. The number of carbonyl (C=O) groups excluding carboxylic acids is 2. The van der Waals surface area contributed by atoms with Crippen molar-refractivity contribution in [1.29, 1.82) is 0 Å². The molecule has 7 nitrogen and oxygen atoms in total. The Kier molecular flexibility index (Phi) is 4.07. The van der Waals surface area contributed by atoms with E-state index in [1.807, 2.05) is 6.07 Å². The van der Waals surface area contributed by atoms with E-state index in [2.05, 4.69) is 4.90 Å². The van der Waals surface area contributed by atoms with E-state index in [9.17, 15) is 19.8 Å². The molecule has 3 heterocycles. The minimum Gasteiger partial charge on any atom is -0.504 e. The summed E-state index contributed by atoms with van der Waals surface area (Å²) in [4.78, 5) is 30.9. The van der Waals surface area contributed by atoms with Crippen molar-refractivity contribution in [1.82, 2.24) is 9.80 Å². The van der Waals surface area contributed by atoms with Crippen LogP contribution in [-0.2, 0) is 11.8 Å². The van der Waals surface area contributed by atoms with Crippen LogP contribution in [0.5, 0.6) is 11.5 Å². The van der Waals surface area contributed by atoms with E-state index in [0.29, 0.717) is 53.5 Å². The lowest BCUT2D eigenvalue weighted by Crippen LogP contribution is -2.78. The van der Waals surface area contributed by atoms with Gasteiger partial charge in [-0.3, -0.25) is 19.4 Å². The van der Waals surface area contributed by atoms with Crippen molar-refractivity contribution >= 4 is 23.4 Å². The van der Waals surface area contributed by atoms with Gasteiger partial charge >= 0.3 is 0 Å². The van der Waals surface area contributed by atoms with Gasteiger partial charge in [0.25, 0.3) is 11.8 Å². The first kappa shape index (κ1) is 21.5. The molecule has 186 valence electrons. The molecule has 2 bridgehead atoms. The van der Waals surface area contributed by atoms with Crippen LogP contribution in [0, 0.1) is 5.92 Å². The summed E-state index contributed by atoms with van der Waals surface area (Å²) in [6.45, 7) is 1.82. The molecule has 0 radical (unpaired) electrons. The SMILES string of the molecule is O=C1c2ccc(Cl)cc2C(=O)N1[C@@H]1CC[C@@]2(O)[C@H]3Cc4ccc(O)c5c4[C@@]2(CCN3CC2CC2)[C@H]1O5. The zero-order chi connectivity index (χ0) is 24.6.